The molecular formula is C15H22N2O4. The molecule has 1 aromatic rings. The lowest BCUT2D eigenvalue weighted by molar-refractivity contribution is 0.0473. The fourth-order valence-electron chi connectivity index (χ4n) is 2.41. The van der Waals surface area contributed by atoms with E-state index in [4.69, 9.17) is 19.9 Å². The Balaban J connectivity index is 2.00. The second kappa shape index (κ2) is 7.17. The number of esters is 1. The molecule has 6 nitrogen and oxygen atoms in total. The van der Waals surface area contributed by atoms with Crippen LogP contribution in [-0.4, -0.2) is 51.3 Å². The Morgan fingerprint density at radius 3 is 2.57 bits per heavy atom. The number of nitrogens with two attached hydrogens (primary N) is 1. The normalized spacial score (nSPS) is 15.0. The van der Waals surface area contributed by atoms with Gasteiger partial charge >= 0.3 is 5.97 Å². The molecule has 0 atom stereocenters. The van der Waals surface area contributed by atoms with Crippen molar-refractivity contribution in [3.63, 3.8) is 0 Å². The largest absolute Gasteiger partial charge is 0.497 e. The van der Waals surface area contributed by atoms with Gasteiger partial charge in [-0.1, -0.05) is 0 Å². The van der Waals surface area contributed by atoms with E-state index in [1.54, 1.807) is 12.1 Å². The lowest BCUT2D eigenvalue weighted by Gasteiger charge is -2.15. The van der Waals surface area contributed by atoms with E-state index in [1.807, 2.05) is 0 Å². The molecule has 1 aliphatic rings. The van der Waals surface area contributed by atoms with Crippen LogP contribution in [-0.2, 0) is 4.74 Å². The van der Waals surface area contributed by atoms with Crippen molar-refractivity contribution in [1.29, 1.82) is 0 Å². The molecule has 0 aliphatic carbocycles. The number of nitrogens with zero attached hydrogens (tertiary/aromatic N) is 1. The lowest BCUT2D eigenvalue weighted by Crippen LogP contribution is -2.25. The van der Waals surface area contributed by atoms with Gasteiger partial charge in [0.15, 0.2) is 0 Å². The highest BCUT2D eigenvalue weighted by Gasteiger charge is 2.18. The summed E-state index contributed by atoms with van der Waals surface area (Å²) in [5, 5.41) is 0. The molecular weight excluding hydrogens is 272 g/mol. The number of rotatable bonds is 6. The number of nitrogen functional groups attached to an aromatic ring is 1. The molecule has 1 saturated heterocycles. The zero-order valence-corrected chi connectivity index (χ0v) is 12.6. The smallest absolute Gasteiger partial charge is 0.340 e. The van der Waals surface area contributed by atoms with E-state index in [0.717, 1.165) is 19.6 Å². The molecule has 0 unspecified atom stereocenters. The minimum absolute atomic E-state index is 0.268. The topological polar surface area (TPSA) is 74.0 Å². The Hall–Kier alpha value is -1.95. The zero-order chi connectivity index (χ0) is 15.2. The molecule has 1 aromatic carbocycles. The summed E-state index contributed by atoms with van der Waals surface area (Å²) < 4.78 is 15.6. The summed E-state index contributed by atoms with van der Waals surface area (Å²) in [4.78, 5) is 14.4. The number of hydrogen-bond donors (Lipinski definition) is 1. The van der Waals surface area contributed by atoms with Crippen molar-refractivity contribution < 1.29 is 19.0 Å². The number of hydrogen-bond acceptors (Lipinski definition) is 6. The van der Waals surface area contributed by atoms with E-state index < -0.39 is 5.97 Å². The van der Waals surface area contributed by atoms with Crippen LogP contribution in [0.2, 0.25) is 0 Å². The predicted molar refractivity (Wildman–Crippen MR) is 79.9 cm³/mol. The van der Waals surface area contributed by atoms with Gasteiger partial charge < -0.3 is 19.9 Å². The first-order valence-electron chi connectivity index (χ1n) is 7.06. The van der Waals surface area contributed by atoms with Gasteiger partial charge in [-0.25, -0.2) is 4.79 Å². The maximum absolute atomic E-state index is 12.1. The van der Waals surface area contributed by atoms with Gasteiger partial charge in [0.25, 0.3) is 0 Å². The summed E-state index contributed by atoms with van der Waals surface area (Å²) in [7, 11) is 3.01. The molecule has 21 heavy (non-hydrogen) atoms. The van der Waals surface area contributed by atoms with Gasteiger partial charge in [0, 0.05) is 12.6 Å². The predicted octanol–water partition coefficient (Wildman–Crippen LogP) is 1.54. The van der Waals surface area contributed by atoms with Crippen LogP contribution in [0.1, 0.15) is 23.2 Å². The van der Waals surface area contributed by atoms with Gasteiger partial charge in [0.1, 0.15) is 18.1 Å². The van der Waals surface area contributed by atoms with Crippen LogP contribution in [0.3, 0.4) is 0 Å². The number of carbonyl (C=O) groups excluding carboxylic acids is 1. The van der Waals surface area contributed by atoms with Crippen LogP contribution in [0.5, 0.6) is 11.5 Å². The number of carbonyl (C=O) groups is 1. The first-order chi connectivity index (χ1) is 10.2. The third-order valence-electron chi connectivity index (χ3n) is 3.63. The van der Waals surface area contributed by atoms with Gasteiger partial charge in [-0.3, -0.25) is 4.90 Å². The monoisotopic (exact) mass is 294 g/mol. The number of anilines is 1. The minimum Gasteiger partial charge on any atom is -0.497 e. The van der Waals surface area contributed by atoms with Crippen LogP contribution in [0, 0.1) is 0 Å². The highest BCUT2D eigenvalue weighted by molar-refractivity contribution is 5.97. The molecule has 0 bridgehead atoms. The Bertz CT molecular complexity index is 499. The molecule has 2 rings (SSSR count). The Morgan fingerprint density at radius 2 is 1.95 bits per heavy atom. The molecule has 1 heterocycles. The average Bonchev–Trinajstić information content (AvgIpc) is 3.00. The van der Waals surface area contributed by atoms with Crippen molar-refractivity contribution in [2.24, 2.45) is 0 Å². The fourth-order valence-corrected chi connectivity index (χ4v) is 2.41. The van der Waals surface area contributed by atoms with Gasteiger partial charge in [-0.05, 0) is 32.0 Å². The van der Waals surface area contributed by atoms with Crippen LogP contribution in [0.15, 0.2) is 12.1 Å². The van der Waals surface area contributed by atoms with Crippen LogP contribution < -0.4 is 15.2 Å². The van der Waals surface area contributed by atoms with E-state index in [9.17, 15) is 4.79 Å². The molecule has 2 N–H and O–H groups in total. The third kappa shape index (κ3) is 3.78. The van der Waals surface area contributed by atoms with Gasteiger partial charge in [0.05, 0.1) is 25.5 Å². The number of methoxy groups -OCH3 is 2. The summed E-state index contributed by atoms with van der Waals surface area (Å²) in [6.45, 7) is 3.27. The van der Waals surface area contributed by atoms with Gasteiger partial charge in [0.2, 0.25) is 0 Å². The van der Waals surface area contributed by atoms with Crippen LogP contribution in [0.4, 0.5) is 5.69 Å². The summed E-state index contributed by atoms with van der Waals surface area (Å²) >= 11 is 0. The van der Waals surface area contributed by atoms with Crippen molar-refractivity contribution in [2.75, 3.05) is 46.2 Å². The van der Waals surface area contributed by atoms with Crippen molar-refractivity contribution >= 4 is 11.7 Å². The maximum Gasteiger partial charge on any atom is 0.340 e. The van der Waals surface area contributed by atoms with Crippen molar-refractivity contribution in [2.45, 2.75) is 12.8 Å². The molecule has 0 spiro atoms. The van der Waals surface area contributed by atoms with E-state index in [-0.39, 0.29) is 11.3 Å². The molecule has 116 valence electrons. The fraction of sp³-hybridized carbons (Fsp3) is 0.533. The number of benzene rings is 1. The second-order valence-corrected chi connectivity index (χ2v) is 4.98. The molecule has 1 aliphatic heterocycles. The van der Waals surface area contributed by atoms with E-state index >= 15 is 0 Å². The Kier molecular flexibility index (Phi) is 5.27. The van der Waals surface area contributed by atoms with Gasteiger partial charge in [-0.15, -0.1) is 0 Å². The summed E-state index contributed by atoms with van der Waals surface area (Å²) in [5.41, 5.74) is 6.46. The second-order valence-electron chi connectivity index (χ2n) is 4.98. The van der Waals surface area contributed by atoms with Crippen molar-refractivity contribution in [1.82, 2.24) is 4.90 Å². The van der Waals surface area contributed by atoms with Gasteiger partial charge in [-0.2, -0.15) is 0 Å². The molecule has 0 radical (unpaired) electrons. The summed E-state index contributed by atoms with van der Waals surface area (Å²) in [5.74, 6) is 0.456. The standard InChI is InChI=1S/C15H22N2O4/c1-19-11-9-12(14(16)13(10-11)20-2)15(18)21-8-7-17-5-3-4-6-17/h9-10H,3-8,16H2,1-2H3. The average molecular weight is 294 g/mol. The van der Waals surface area contributed by atoms with Crippen molar-refractivity contribution in [3.05, 3.63) is 17.7 Å². The SMILES string of the molecule is COc1cc(OC)c(N)c(C(=O)OCCN2CCCC2)c1. The third-order valence-corrected chi connectivity index (χ3v) is 3.63. The first kappa shape index (κ1) is 15.4. The molecule has 6 heteroatoms. The summed E-state index contributed by atoms with van der Waals surface area (Å²) in [6, 6.07) is 3.20. The van der Waals surface area contributed by atoms with E-state index in [1.165, 1.54) is 27.1 Å². The molecule has 0 aromatic heterocycles. The molecule has 0 amide bonds. The molecule has 1 fully saturated rings. The Labute approximate surface area is 124 Å². The number of likely N-dealkylation sites (tertiary alicyclic amines) is 1. The quantitative estimate of drug-likeness (QED) is 0.633. The summed E-state index contributed by atoms with van der Waals surface area (Å²) in [6.07, 6.45) is 2.43. The first-order valence-corrected chi connectivity index (χ1v) is 7.06. The Morgan fingerprint density at radius 1 is 1.24 bits per heavy atom. The lowest BCUT2D eigenvalue weighted by atomic mass is 10.1. The van der Waals surface area contributed by atoms with Crippen LogP contribution in [0.25, 0.3) is 0 Å². The highest BCUT2D eigenvalue weighted by Crippen LogP contribution is 2.31. The molecule has 0 saturated carbocycles. The minimum atomic E-state index is -0.455. The highest BCUT2D eigenvalue weighted by atomic mass is 16.5. The maximum atomic E-state index is 12.1. The van der Waals surface area contributed by atoms with Crippen LogP contribution >= 0.6 is 0 Å². The van der Waals surface area contributed by atoms with E-state index in [2.05, 4.69) is 4.90 Å². The number of ether oxygens (including phenoxy) is 3. The van der Waals surface area contributed by atoms with E-state index in [0.29, 0.717) is 18.1 Å². The van der Waals surface area contributed by atoms with Crippen molar-refractivity contribution in [3.8, 4) is 11.5 Å². The zero-order valence-electron chi connectivity index (χ0n) is 12.6.